The Labute approximate surface area is 162 Å². The molecule has 0 saturated carbocycles. The van der Waals surface area contributed by atoms with Gasteiger partial charge in [-0.2, -0.15) is 18.4 Å². The summed E-state index contributed by atoms with van der Waals surface area (Å²) in [5, 5.41) is 21.3. The van der Waals surface area contributed by atoms with Crippen LogP contribution in [0.4, 0.5) is 18.9 Å². The minimum absolute atomic E-state index is 0.152. The highest BCUT2D eigenvalue weighted by molar-refractivity contribution is 6.30. The number of benzene rings is 2. The fraction of sp³-hybridized carbons (Fsp3) is 0.105. The topological polar surface area (TPSA) is 71.9 Å². The number of aromatic nitrogens is 1. The minimum atomic E-state index is -4.96. The number of nitrogens with zero attached hydrogens (tertiary/aromatic N) is 3. The van der Waals surface area contributed by atoms with E-state index in [0.717, 1.165) is 4.57 Å². The summed E-state index contributed by atoms with van der Waals surface area (Å²) in [7, 11) is 0. The zero-order valence-electron chi connectivity index (χ0n) is 14.1. The maximum absolute atomic E-state index is 13.8. The molecule has 5 nitrogen and oxygen atoms in total. The predicted octanol–water partition coefficient (Wildman–Crippen LogP) is 5.66. The second kappa shape index (κ2) is 7.37. The van der Waals surface area contributed by atoms with E-state index in [0.29, 0.717) is 10.6 Å². The average Bonchev–Trinajstić information content (AvgIpc) is 2.97. The maximum Gasteiger partial charge on any atom is 0.433 e. The van der Waals surface area contributed by atoms with Crippen LogP contribution in [0.3, 0.4) is 0 Å². The van der Waals surface area contributed by atoms with Gasteiger partial charge in [-0.25, -0.2) is 0 Å². The quantitative estimate of drug-likeness (QED) is 0.415. The van der Waals surface area contributed by atoms with Crippen LogP contribution in [0.5, 0.6) is 0 Å². The third kappa shape index (κ3) is 3.57. The van der Waals surface area contributed by atoms with Gasteiger partial charge in [0, 0.05) is 17.1 Å². The number of rotatable bonds is 4. The molecular formula is C19H11ClF3N3O2. The van der Waals surface area contributed by atoms with E-state index in [1.165, 1.54) is 30.3 Å². The SMILES string of the molecule is N#Cc1c([N+](=O)[O-])c(-c2ccc(Cl)cc2)n(Cc2ccccc2)c1C(F)(F)F. The Kier molecular flexibility index (Phi) is 5.12. The molecule has 0 amide bonds. The Bertz CT molecular complexity index is 1070. The summed E-state index contributed by atoms with van der Waals surface area (Å²) in [6.07, 6.45) is -4.96. The molecule has 1 aromatic heterocycles. The number of hydrogen-bond acceptors (Lipinski definition) is 3. The van der Waals surface area contributed by atoms with Crippen LogP contribution < -0.4 is 0 Å². The van der Waals surface area contributed by atoms with Crippen molar-refractivity contribution >= 4 is 17.3 Å². The van der Waals surface area contributed by atoms with E-state index in [4.69, 9.17) is 11.6 Å². The molecule has 2 aromatic carbocycles. The molecule has 0 aliphatic carbocycles. The zero-order chi connectivity index (χ0) is 20.5. The molecule has 0 radical (unpaired) electrons. The van der Waals surface area contributed by atoms with Crippen molar-refractivity contribution in [2.24, 2.45) is 0 Å². The first-order valence-corrected chi connectivity index (χ1v) is 8.30. The van der Waals surface area contributed by atoms with Gasteiger partial charge in [-0.1, -0.05) is 54.1 Å². The highest BCUT2D eigenvalue weighted by Gasteiger charge is 2.45. The van der Waals surface area contributed by atoms with E-state index in [-0.39, 0.29) is 17.8 Å². The van der Waals surface area contributed by atoms with Crippen molar-refractivity contribution in [1.82, 2.24) is 4.57 Å². The molecule has 142 valence electrons. The van der Waals surface area contributed by atoms with Gasteiger partial charge in [0.15, 0.2) is 5.56 Å². The molecule has 1 heterocycles. The van der Waals surface area contributed by atoms with E-state index in [1.54, 1.807) is 30.3 Å². The van der Waals surface area contributed by atoms with Crippen molar-refractivity contribution in [2.75, 3.05) is 0 Å². The van der Waals surface area contributed by atoms with Gasteiger partial charge < -0.3 is 4.57 Å². The van der Waals surface area contributed by atoms with E-state index in [1.807, 2.05) is 0 Å². The van der Waals surface area contributed by atoms with Crippen LogP contribution in [0.1, 0.15) is 16.8 Å². The lowest BCUT2D eigenvalue weighted by atomic mass is 10.1. The highest BCUT2D eigenvalue weighted by atomic mass is 35.5. The first-order valence-electron chi connectivity index (χ1n) is 7.92. The van der Waals surface area contributed by atoms with Gasteiger partial charge in [-0.15, -0.1) is 0 Å². The molecule has 0 bridgehead atoms. The molecule has 0 spiro atoms. The summed E-state index contributed by atoms with van der Waals surface area (Å²) in [6.45, 7) is -0.295. The van der Waals surface area contributed by atoms with Crippen molar-refractivity contribution in [2.45, 2.75) is 12.7 Å². The fourth-order valence-electron chi connectivity index (χ4n) is 3.01. The van der Waals surface area contributed by atoms with Crippen molar-refractivity contribution in [3.8, 4) is 17.3 Å². The molecule has 9 heteroatoms. The van der Waals surface area contributed by atoms with Crippen LogP contribution in [0.25, 0.3) is 11.3 Å². The molecular weight excluding hydrogens is 395 g/mol. The van der Waals surface area contributed by atoms with Gasteiger partial charge in [0.25, 0.3) is 0 Å². The Morgan fingerprint density at radius 3 is 2.21 bits per heavy atom. The second-order valence-corrected chi connectivity index (χ2v) is 6.30. The lowest BCUT2D eigenvalue weighted by Gasteiger charge is -2.15. The minimum Gasteiger partial charge on any atom is -0.326 e. The van der Waals surface area contributed by atoms with E-state index >= 15 is 0 Å². The summed E-state index contributed by atoms with van der Waals surface area (Å²) >= 11 is 5.83. The van der Waals surface area contributed by atoms with Crippen LogP contribution in [-0.4, -0.2) is 9.49 Å². The lowest BCUT2D eigenvalue weighted by molar-refractivity contribution is -0.384. The monoisotopic (exact) mass is 405 g/mol. The number of nitro groups is 1. The first-order chi connectivity index (χ1) is 13.2. The number of alkyl halides is 3. The average molecular weight is 406 g/mol. The van der Waals surface area contributed by atoms with E-state index in [9.17, 15) is 28.5 Å². The van der Waals surface area contributed by atoms with Crippen LogP contribution in [0.2, 0.25) is 5.02 Å². The summed E-state index contributed by atoms with van der Waals surface area (Å²) in [5.41, 5.74) is -2.90. The van der Waals surface area contributed by atoms with Gasteiger partial charge in [0.2, 0.25) is 0 Å². The third-order valence-electron chi connectivity index (χ3n) is 4.10. The summed E-state index contributed by atoms with van der Waals surface area (Å²) in [5.74, 6) is 0. The Morgan fingerprint density at radius 1 is 1.11 bits per heavy atom. The molecule has 28 heavy (non-hydrogen) atoms. The van der Waals surface area contributed by atoms with Crippen LogP contribution in [0.15, 0.2) is 54.6 Å². The van der Waals surface area contributed by atoms with Crippen LogP contribution >= 0.6 is 11.6 Å². The van der Waals surface area contributed by atoms with E-state index in [2.05, 4.69) is 0 Å². The molecule has 3 rings (SSSR count). The zero-order valence-corrected chi connectivity index (χ0v) is 14.8. The van der Waals surface area contributed by atoms with Crippen molar-refractivity contribution < 1.29 is 18.1 Å². The number of nitriles is 1. The number of halogens is 4. The summed E-state index contributed by atoms with van der Waals surface area (Å²) in [6, 6.07) is 15.2. The van der Waals surface area contributed by atoms with Gasteiger partial charge in [-0.05, 0) is 17.7 Å². The molecule has 0 N–H and O–H groups in total. The largest absolute Gasteiger partial charge is 0.433 e. The van der Waals surface area contributed by atoms with Crippen LogP contribution in [0, 0.1) is 21.4 Å². The standard InChI is InChI=1S/C19H11ClF3N3O2/c20-14-8-6-13(7-9-14)16-17(26(27)28)15(10-24)18(19(21,22)23)25(16)11-12-4-2-1-3-5-12/h1-9H,11H2. The van der Waals surface area contributed by atoms with Crippen molar-refractivity contribution in [3.63, 3.8) is 0 Å². The highest BCUT2D eigenvalue weighted by Crippen LogP contribution is 2.44. The van der Waals surface area contributed by atoms with Gasteiger partial charge >= 0.3 is 11.9 Å². The summed E-state index contributed by atoms with van der Waals surface area (Å²) in [4.78, 5) is 10.7. The Morgan fingerprint density at radius 2 is 1.71 bits per heavy atom. The predicted molar refractivity (Wildman–Crippen MR) is 96.8 cm³/mol. The van der Waals surface area contributed by atoms with Crippen LogP contribution in [-0.2, 0) is 12.7 Å². The Balaban J connectivity index is 2.40. The fourth-order valence-corrected chi connectivity index (χ4v) is 3.13. The lowest BCUT2D eigenvalue weighted by Crippen LogP contribution is -2.16. The Hall–Kier alpha value is -3.31. The molecule has 0 atom stereocenters. The molecule has 3 aromatic rings. The van der Waals surface area contributed by atoms with Gasteiger partial charge in [0.05, 0.1) is 4.92 Å². The summed E-state index contributed by atoms with van der Waals surface area (Å²) < 4.78 is 42.2. The molecule has 0 unspecified atom stereocenters. The molecule has 0 saturated heterocycles. The normalized spacial score (nSPS) is 11.2. The van der Waals surface area contributed by atoms with Crippen molar-refractivity contribution in [1.29, 1.82) is 5.26 Å². The smallest absolute Gasteiger partial charge is 0.326 e. The number of hydrogen-bond donors (Lipinski definition) is 0. The molecule has 0 aliphatic rings. The molecule has 0 aliphatic heterocycles. The second-order valence-electron chi connectivity index (χ2n) is 5.87. The molecule has 0 fully saturated rings. The first kappa shape index (κ1) is 19.5. The third-order valence-corrected chi connectivity index (χ3v) is 4.35. The van der Waals surface area contributed by atoms with E-state index < -0.39 is 28.0 Å². The van der Waals surface area contributed by atoms with Crippen molar-refractivity contribution in [3.05, 3.63) is 86.6 Å². The van der Waals surface area contributed by atoms with Gasteiger partial charge in [-0.3, -0.25) is 10.1 Å². The van der Waals surface area contributed by atoms with Gasteiger partial charge in [0.1, 0.15) is 17.5 Å². The maximum atomic E-state index is 13.8.